The van der Waals surface area contributed by atoms with Crippen molar-refractivity contribution in [1.29, 1.82) is 0 Å². The molecule has 0 N–H and O–H groups in total. The predicted octanol–water partition coefficient (Wildman–Crippen LogP) is 3.32. The second-order valence-electron chi connectivity index (χ2n) is 5.34. The molecule has 0 saturated heterocycles. The lowest BCUT2D eigenvalue weighted by Crippen LogP contribution is -2.33. The number of benzene rings is 1. The summed E-state index contributed by atoms with van der Waals surface area (Å²) in [6, 6.07) is 9.10. The number of ether oxygens (including phenoxy) is 2. The average molecular weight is 329 g/mol. The van der Waals surface area contributed by atoms with Gasteiger partial charge in [-0.15, -0.1) is 0 Å². The van der Waals surface area contributed by atoms with Crippen molar-refractivity contribution in [1.82, 2.24) is 4.90 Å². The number of para-hydroxylation sites is 1. The van der Waals surface area contributed by atoms with Crippen LogP contribution in [0.4, 0.5) is 0 Å². The molecule has 0 spiro atoms. The number of amides is 1. The molecule has 1 aromatic carbocycles. The van der Waals surface area contributed by atoms with Crippen LogP contribution in [-0.4, -0.2) is 38.2 Å². The lowest BCUT2D eigenvalue weighted by Gasteiger charge is -2.20. The first-order valence-corrected chi connectivity index (χ1v) is 7.58. The number of hydrogen-bond donors (Lipinski definition) is 0. The van der Waals surface area contributed by atoms with Crippen LogP contribution >= 0.6 is 0 Å². The van der Waals surface area contributed by atoms with Crippen LogP contribution in [-0.2, 0) is 11.3 Å². The van der Waals surface area contributed by atoms with Crippen LogP contribution in [0, 0.1) is 0 Å². The van der Waals surface area contributed by atoms with E-state index in [2.05, 4.69) is 0 Å². The molecule has 1 amide bonds. The molecule has 0 atom stereocenters. The van der Waals surface area contributed by atoms with Crippen molar-refractivity contribution in [2.45, 2.75) is 6.54 Å². The Labute approximate surface area is 139 Å². The Kier molecular flexibility index (Phi) is 4.86. The molecule has 126 valence electrons. The van der Waals surface area contributed by atoms with Gasteiger partial charge in [-0.2, -0.15) is 0 Å². The number of furan rings is 2. The van der Waals surface area contributed by atoms with Crippen LogP contribution in [0.25, 0.3) is 11.0 Å². The van der Waals surface area contributed by atoms with E-state index in [1.165, 1.54) is 0 Å². The van der Waals surface area contributed by atoms with Gasteiger partial charge in [0.05, 0.1) is 26.2 Å². The molecule has 0 radical (unpaired) electrons. The van der Waals surface area contributed by atoms with Gasteiger partial charge < -0.3 is 23.2 Å². The van der Waals surface area contributed by atoms with Gasteiger partial charge in [0.25, 0.3) is 5.91 Å². The first kappa shape index (κ1) is 16.1. The Morgan fingerprint density at radius 3 is 2.83 bits per heavy atom. The first-order valence-electron chi connectivity index (χ1n) is 7.58. The standard InChI is InChI=1S/C18H19NO5/c1-21-9-7-19(11-13-6-8-23-12-13)18(20)16-10-14-4-3-5-15(22-2)17(14)24-16/h3-6,8,10,12H,7,9,11H2,1-2H3. The van der Waals surface area contributed by atoms with E-state index in [-0.39, 0.29) is 11.7 Å². The Morgan fingerprint density at radius 1 is 1.25 bits per heavy atom. The molecular weight excluding hydrogens is 310 g/mol. The van der Waals surface area contributed by atoms with E-state index < -0.39 is 0 Å². The SMILES string of the molecule is COCCN(Cc1ccoc1)C(=O)c1cc2cccc(OC)c2o1. The Morgan fingerprint density at radius 2 is 2.12 bits per heavy atom. The summed E-state index contributed by atoms with van der Waals surface area (Å²) >= 11 is 0. The highest BCUT2D eigenvalue weighted by atomic mass is 16.5. The van der Waals surface area contributed by atoms with Gasteiger partial charge in [0.15, 0.2) is 17.1 Å². The molecule has 0 aliphatic rings. The van der Waals surface area contributed by atoms with E-state index in [0.717, 1.165) is 10.9 Å². The van der Waals surface area contributed by atoms with Crippen LogP contribution < -0.4 is 4.74 Å². The number of fused-ring (bicyclic) bond motifs is 1. The Balaban J connectivity index is 1.88. The zero-order valence-corrected chi connectivity index (χ0v) is 13.7. The van der Waals surface area contributed by atoms with Crippen LogP contribution in [0.5, 0.6) is 5.75 Å². The highest BCUT2D eigenvalue weighted by molar-refractivity contribution is 5.97. The lowest BCUT2D eigenvalue weighted by molar-refractivity contribution is 0.0651. The number of carbonyl (C=O) groups is 1. The number of hydrogen-bond acceptors (Lipinski definition) is 5. The number of carbonyl (C=O) groups excluding carboxylic acids is 1. The van der Waals surface area contributed by atoms with E-state index in [9.17, 15) is 4.79 Å². The van der Waals surface area contributed by atoms with Gasteiger partial charge in [-0.25, -0.2) is 0 Å². The van der Waals surface area contributed by atoms with Crippen molar-refractivity contribution < 1.29 is 23.1 Å². The minimum atomic E-state index is -0.202. The van der Waals surface area contributed by atoms with Crippen LogP contribution in [0.3, 0.4) is 0 Å². The molecule has 3 aromatic rings. The molecule has 6 nitrogen and oxygen atoms in total. The van der Waals surface area contributed by atoms with Gasteiger partial charge >= 0.3 is 0 Å². The minimum absolute atomic E-state index is 0.202. The fraction of sp³-hybridized carbons (Fsp3) is 0.278. The van der Waals surface area contributed by atoms with Crippen LogP contribution in [0.2, 0.25) is 0 Å². The van der Waals surface area contributed by atoms with E-state index in [4.69, 9.17) is 18.3 Å². The molecule has 3 rings (SSSR count). The fourth-order valence-corrected chi connectivity index (χ4v) is 2.52. The van der Waals surface area contributed by atoms with Crippen molar-refractivity contribution >= 4 is 16.9 Å². The highest BCUT2D eigenvalue weighted by Crippen LogP contribution is 2.29. The van der Waals surface area contributed by atoms with Gasteiger partial charge in [0.2, 0.25) is 0 Å². The quantitative estimate of drug-likeness (QED) is 0.665. The maximum atomic E-state index is 12.9. The molecule has 24 heavy (non-hydrogen) atoms. The lowest BCUT2D eigenvalue weighted by atomic mass is 10.2. The predicted molar refractivity (Wildman–Crippen MR) is 88.1 cm³/mol. The largest absolute Gasteiger partial charge is 0.493 e. The highest BCUT2D eigenvalue weighted by Gasteiger charge is 2.21. The van der Waals surface area contributed by atoms with Gasteiger partial charge in [-0.1, -0.05) is 12.1 Å². The van der Waals surface area contributed by atoms with Gasteiger partial charge in [-0.05, 0) is 18.2 Å². The number of nitrogens with zero attached hydrogens (tertiary/aromatic N) is 1. The number of rotatable bonds is 7. The third-order valence-corrected chi connectivity index (χ3v) is 3.74. The summed E-state index contributed by atoms with van der Waals surface area (Å²) in [5.41, 5.74) is 1.48. The van der Waals surface area contributed by atoms with Crippen molar-refractivity contribution in [2.24, 2.45) is 0 Å². The monoisotopic (exact) mass is 329 g/mol. The summed E-state index contributed by atoms with van der Waals surface area (Å²) in [6.45, 7) is 1.31. The first-order chi connectivity index (χ1) is 11.7. The molecule has 0 saturated carbocycles. The van der Waals surface area contributed by atoms with Crippen molar-refractivity contribution in [3.05, 3.63) is 54.2 Å². The Hall–Kier alpha value is -2.73. The van der Waals surface area contributed by atoms with E-state index >= 15 is 0 Å². The molecular formula is C18H19NO5. The Bertz CT molecular complexity index is 806. The third kappa shape index (κ3) is 3.28. The smallest absolute Gasteiger partial charge is 0.289 e. The van der Waals surface area contributed by atoms with Gasteiger partial charge in [0.1, 0.15) is 0 Å². The molecule has 0 fully saturated rings. The maximum absolute atomic E-state index is 12.9. The number of methoxy groups -OCH3 is 2. The second kappa shape index (κ2) is 7.23. The zero-order chi connectivity index (χ0) is 16.9. The van der Waals surface area contributed by atoms with Crippen molar-refractivity contribution in [3.63, 3.8) is 0 Å². The van der Waals surface area contributed by atoms with Gasteiger partial charge in [0, 0.05) is 31.1 Å². The third-order valence-electron chi connectivity index (χ3n) is 3.74. The van der Waals surface area contributed by atoms with E-state index in [1.54, 1.807) is 43.8 Å². The topological polar surface area (TPSA) is 65.0 Å². The molecule has 0 bridgehead atoms. The summed E-state index contributed by atoms with van der Waals surface area (Å²) < 4.78 is 21.2. The average Bonchev–Trinajstić information content (AvgIpc) is 3.26. The van der Waals surface area contributed by atoms with Gasteiger partial charge in [-0.3, -0.25) is 4.79 Å². The minimum Gasteiger partial charge on any atom is -0.493 e. The van der Waals surface area contributed by atoms with Crippen molar-refractivity contribution in [2.75, 3.05) is 27.4 Å². The second-order valence-corrected chi connectivity index (χ2v) is 5.34. The molecule has 2 aromatic heterocycles. The maximum Gasteiger partial charge on any atom is 0.289 e. The van der Waals surface area contributed by atoms with Crippen LogP contribution in [0.15, 0.2) is 51.7 Å². The zero-order valence-electron chi connectivity index (χ0n) is 13.7. The summed E-state index contributed by atoms with van der Waals surface area (Å²) in [5, 5.41) is 0.827. The summed E-state index contributed by atoms with van der Waals surface area (Å²) in [4.78, 5) is 14.5. The summed E-state index contributed by atoms with van der Waals surface area (Å²) in [6.07, 6.45) is 3.20. The summed E-state index contributed by atoms with van der Waals surface area (Å²) in [5.74, 6) is 0.672. The van der Waals surface area contributed by atoms with E-state index in [1.807, 2.05) is 18.2 Å². The fourth-order valence-electron chi connectivity index (χ4n) is 2.52. The molecule has 0 aliphatic heterocycles. The van der Waals surface area contributed by atoms with Crippen LogP contribution in [0.1, 0.15) is 16.1 Å². The molecule has 0 unspecified atom stereocenters. The normalized spacial score (nSPS) is 10.9. The molecule has 2 heterocycles. The molecule has 6 heteroatoms. The van der Waals surface area contributed by atoms with E-state index in [0.29, 0.717) is 31.0 Å². The summed E-state index contributed by atoms with van der Waals surface area (Å²) in [7, 11) is 3.18. The molecule has 0 aliphatic carbocycles. The van der Waals surface area contributed by atoms with Crippen molar-refractivity contribution in [3.8, 4) is 5.75 Å².